The van der Waals surface area contributed by atoms with Gasteiger partial charge in [-0.3, -0.25) is 9.36 Å². The highest BCUT2D eigenvalue weighted by Crippen LogP contribution is 2.33. The lowest BCUT2D eigenvalue weighted by Gasteiger charge is -2.03. The maximum absolute atomic E-state index is 11.4. The number of carbonyl (C=O) groups is 2. The number of alkyl halides is 3. The summed E-state index contributed by atoms with van der Waals surface area (Å²) in [5, 5.41) is 15.3. The maximum atomic E-state index is 11.4. The molecule has 136 valence electrons. The molecule has 0 radical (unpaired) electrons. The first-order valence-electron chi connectivity index (χ1n) is 6.33. The number of carboxylic acids is 1. The predicted molar refractivity (Wildman–Crippen MR) is 70.4 cm³/mol. The fourth-order valence-corrected chi connectivity index (χ4v) is 1.61. The molecule has 1 heterocycles. The van der Waals surface area contributed by atoms with Crippen LogP contribution in [0.5, 0.6) is 0 Å². The van der Waals surface area contributed by atoms with Gasteiger partial charge >= 0.3 is 13.8 Å². The SMILES string of the molecule is CCNC(=O)c1cc[n+](CCP(=O)(O)O)nc1.O=C([O-])C(F)(F)F. The molecule has 0 atom stereocenters. The van der Waals surface area contributed by atoms with Crippen molar-refractivity contribution in [1.29, 1.82) is 0 Å². The van der Waals surface area contributed by atoms with E-state index in [-0.39, 0.29) is 18.6 Å². The molecule has 0 saturated carbocycles. The van der Waals surface area contributed by atoms with Crippen LogP contribution >= 0.6 is 7.60 Å². The van der Waals surface area contributed by atoms with Crippen molar-refractivity contribution in [1.82, 2.24) is 10.4 Å². The Hall–Kier alpha value is -2.04. The van der Waals surface area contributed by atoms with Crippen molar-refractivity contribution in [3.63, 3.8) is 0 Å². The smallest absolute Gasteiger partial charge is 0.430 e. The van der Waals surface area contributed by atoms with Gasteiger partial charge in [0.25, 0.3) is 5.91 Å². The molecule has 0 unspecified atom stereocenters. The maximum Gasteiger partial charge on any atom is 0.430 e. The highest BCUT2D eigenvalue weighted by atomic mass is 31.2. The van der Waals surface area contributed by atoms with Gasteiger partial charge in [0, 0.05) is 12.6 Å². The molecule has 0 aromatic carbocycles. The van der Waals surface area contributed by atoms with Crippen LogP contribution in [-0.2, 0) is 15.9 Å². The van der Waals surface area contributed by atoms with E-state index in [0.29, 0.717) is 12.1 Å². The molecule has 1 aromatic rings. The van der Waals surface area contributed by atoms with Crippen molar-refractivity contribution >= 4 is 19.5 Å². The molecule has 0 spiro atoms. The lowest BCUT2D eigenvalue weighted by molar-refractivity contribution is -0.750. The highest BCUT2D eigenvalue weighted by molar-refractivity contribution is 7.51. The quantitative estimate of drug-likeness (QED) is 0.425. The Balaban J connectivity index is 0.000000640. The molecule has 0 saturated heterocycles. The Morgan fingerprint density at radius 2 is 1.96 bits per heavy atom. The number of nitrogens with one attached hydrogen (secondary N) is 1. The minimum Gasteiger partial charge on any atom is -0.542 e. The van der Waals surface area contributed by atoms with Crippen LogP contribution in [0, 0.1) is 0 Å². The van der Waals surface area contributed by atoms with Gasteiger partial charge in [0.2, 0.25) is 0 Å². The number of nitrogens with zero attached hydrogens (tertiary/aromatic N) is 2. The fraction of sp³-hybridized carbons (Fsp3) is 0.455. The third-order valence-electron chi connectivity index (χ3n) is 2.22. The third-order valence-corrected chi connectivity index (χ3v) is 3.01. The molecule has 9 nitrogen and oxygen atoms in total. The molecular formula is C11H15F3N3O6P. The van der Waals surface area contributed by atoms with E-state index in [2.05, 4.69) is 10.4 Å². The van der Waals surface area contributed by atoms with Crippen LogP contribution in [0.3, 0.4) is 0 Å². The van der Waals surface area contributed by atoms with Crippen molar-refractivity contribution < 1.29 is 46.9 Å². The summed E-state index contributed by atoms with van der Waals surface area (Å²) in [6.45, 7) is 2.46. The number of aromatic nitrogens is 2. The second-order valence-corrected chi connectivity index (χ2v) is 5.99. The van der Waals surface area contributed by atoms with E-state index in [1.165, 1.54) is 17.1 Å². The minimum absolute atomic E-state index is 0.111. The standard InChI is InChI=1S/C9H14N3O4P.C2HF3O2/c1-2-10-9(13)8-3-4-12(11-7-8)5-6-17(14,15)16;3-2(4,5)1(6)7/h3-4,7H,2,5-6H2,1H3,(H2-,10,13,14,15,16);(H,6,7). The van der Waals surface area contributed by atoms with E-state index in [0.717, 1.165) is 0 Å². The minimum atomic E-state index is -5.19. The number of carbonyl (C=O) groups excluding carboxylic acids is 2. The molecule has 1 amide bonds. The first-order chi connectivity index (χ1) is 10.9. The zero-order valence-corrected chi connectivity index (χ0v) is 13.3. The average molecular weight is 373 g/mol. The van der Waals surface area contributed by atoms with Crippen molar-refractivity contribution in [2.24, 2.45) is 0 Å². The van der Waals surface area contributed by atoms with Gasteiger partial charge in [-0.2, -0.15) is 13.2 Å². The molecular weight excluding hydrogens is 358 g/mol. The molecule has 1 aromatic heterocycles. The molecule has 1 rings (SSSR count). The number of hydrogen-bond donors (Lipinski definition) is 3. The molecule has 0 aliphatic heterocycles. The van der Waals surface area contributed by atoms with E-state index in [9.17, 15) is 22.5 Å². The Morgan fingerprint density at radius 1 is 1.42 bits per heavy atom. The molecule has 24 heavy (non-hydrogen) atoms. The zero-order chi connectivity index (χ0) is 19.0. The number of aryl methyl sites for hydroxylation is 1. The van der Waals surface area contributed by atoms with Gasteiger partial charge in [-0.15, -0.1) is 0 Å². The van der Waals surface area contributed by atoms with Crippen molar-refractivity contribution in [2.75, 3.05) is 12.7 Å². The first kappa shape index (κ1) is 22.0. The molecule has 13 heteroatoms. The van der Waals surface area contributed by atoms with E-state index in [1.54, 1.807) is 6.07 Å². The number of amides is 1. The van der Waals surface area contributed by atoms with Crippen LogP contribution < -0.4 is 15.1 Å². The number of carboxylic acid groups (broad SMARTS) is 1. The van der Waals surface area contributed by atoms with Crippen LogP contribution in [0.2, 0.25) is 0 Å². The number of rotatable bonds is 5. The summed E-state index contributed by atoms with van der Waals surface area (Å²) in [7, 11) is -4.01. The lowest BCUT2D eigenvalue weighted by Crippen LogP contribution is -2.39. The van der Waals surface area contributed by atoms with Crippen molar-refractivity contribution in [2.45, 2.75) is 19.6 Å². The topological polar surface area (TPSA) is 144 Å². The lowest BCUT2D eigenvalue weighted by atomic mass is 10.3. The number of hydrogen-bond acceptors (Lipinski definition) is 5. The number of aliphatic carboxylic acids is 1. The second-order valence-electron chi connectivity index (χ2n) is 4.21. The largest absolute Gasteiger partial charge is 0.542 e. The van der Waals surface area contributed by atoms with Crippen molar-refractivity contribution in [3.05, 3.63) is 24.0 Å². The summed E-state index contributed by atoms with van der Waals surface area (Å²) in [5.41, 5.74) is 0.416. The molecule has 0 aliphatic carbocycles. The molecule has 0 aliphatic rings. The van der Waals surface area contributed by atoms with Crippen LogP contribution in [0.15, 0.2) is 18.5 Å². The third kappa shape index (κ3) is 9.87. The monoisotopic (exact) mass is 373 g/mol. The first-order valence-corrected chi connectivity index (χ1v) is 8.13. The van der Waals surface area contributed by atoms with Gasteiger partial charge in [-0.25, -0.2) is 0 Å². The fourth-order valence-electron chi connectivity index (χ4n) is 1.15. The van der Waals surface area contributed by atoms with Crippen molar-refractivity contribution in [3.8, 4) is 0 Å². The Bertz CT molecular complexity index is 602. The second kappa shape index (κ2) is 9.30. The normalized spacial score (nSPS) is 11.2. The van der Waals surface area contributed by atoms with Gasteiger partial charge in [-0.1, -0.05) is 4.68 Å². The van der Waals surface area contributed by atoms with E-state index in [4.69, 9.17) is 19.7 Å². The molecule has 0 fully saturated rings. The van der Waals surface area contributed by atoms with E-state index >= 15 is 0 Å². The Morgan fingerprint density at radius 3 is 2.29 bits per heavy atom. The summed E-state index contributed by atoms with van der Waals surface area (Å²) in [6.07, 6.45) is -2.59. The Kier molecular flexibility index (Phi) is 8.51. The highest BCUT2D eigenvalue weighted by Gasteiger charge is 2.28. The predicted octanol–water partition coefficient (Wildman–Crippen LogP) is -1.40. The van der Waals surface area contributed by atoms with E-state index in [1.807, 2.05) is 6.92 Å². The zero-order valence-electron chi connectivity index (χ0n) is 12.4. The van der Waals surface area contributed by atoms with Gasteiger partial charge < -0.3 is 25.0 Å². The van der Waals surface area contributed by atoms with Crippen LogP contribution in [0.25, 0.3) is 0 Å². The Labute approximate surface area is 134 Å². The molecule has 0 bridgehead atoms. The average Bonchev–Trinajstić information content (AvgIpc) is 2.45. The van der Waals surface area contributed by atoms with Gasteiger partial charge in [0.1, 0.15) is 18.3 Å². The number of halogens is 3. The van der Waals surface area contributed by atoms with Gasteiger partial charge in [0.05, 0.1) is 5.56 Å². The van der Waals surface area contributed by atoms with Crippen LogP contribution in [0.4, 0.5) is 13.2 Å². The summed E-state index contributed by atoms with van der Waals surface area (Å²) in [6, 6.07) is 1.55. The van der Waals surface area contributed by atoms with Gasteiger partial charge in [0.15, 0.2) is 12.7 Å². The van der Waals surface area contributed by atoms with Gasteiger partial charge in [-0.05, 0) is 12.0 Å². The van der Waals surface area contributed by atoms with Crippen LogP contribution in [-0.4, -0.2) is 45.6 Å². The van der Waals surface area contributed by atoms with Crippen LogP contribution in [0.1, 0.15) is 17.3 Å². The van der Waals surface area contributed by atoms with E-state index < -0.39 is 19.7 Å². The molecule has 3 N–H and O–H groups in total. The summed E-state index contributed by atoms with van der Waals surface area (Å²) < 4.78 is 43.6. The summed E-state index contributed by atoms with van der Waals surface area (Å²) >= 11 is 0. The summed E-state index contributed by atoms with van der Waals surface area (Å²) in [5.74, 6) is -3.23. The summed E-state index contributed by atoms with van der Waals surface area (Å²) in [4.78, 5) is 37.6.